The predicted octanol–water partition coefficient (Wildman–Crippen LogP) is 16.8. The molecule has 0 saturated carbocycles. The maximum Gasteiger partial charge on any atom is 0.160 e. The van der Waals surface area contributed by atoms with Crippen LogP contribution < -0.4 is 0 Å². The molecule has 0 N–H and O–H groups in total. The fourth-order valence-corrected chi connectivity index (χ4v) is 10.1. The molecule has 0 bridgehead atoms. The van der Waals surface area contributed by atoms with E-state index in [-0.39, 0.29) is 5.41 Å². The average molecular weight is 829 g/mol. The summed E-state index contributed by atoms with van der Waals surface area (Å²) in [7, 11) is 0. The van der Waals surface area contributed by atoms with Gasteiger partial charge in [-0.3, -0.25) is 0 Å². The summed E-state index contributed by atoms with van der Waals surface area (Å²) in [6, 6.07) is 83.3. The molecule has 1 aliphatic rings. The first-order valence-corrected chi connectivity index (χ1v) is 22.5. The van der Waals surface area contributed by atoms with E-state index in [1.165, 1.54) is 77.2 Å². The van der Waals surface area contributed by atoms with Gasteiger partial charge >= 0.3 is 0 Å². The summed E-state index contributed by atoms with van der Waals surface area (Å²) in [5.41, 5.74) is 19.8. The summed E-state index contributed by atoms with van der Waals surface area (Å²) in [5, 5.41) is 5.02. The highest BCUT2D eigenvalue weighted by atomic mass is 14.9. The van der Waals surface area contributed by atoms with Gasteiger partial charge in [0.15, 0.2) is 5.82 Å². The van der Waals surface area contributed by atoms with Crippen LogP contribution in [0.15, 0.2) is 231 Å². The van der Waals surface area contributed by atoms with Crippen molar-refractivity contribution in [2.45, 2.75) is 19.3 Å². The summed E-state index contributed by atoms with van der Waals surface area (Å²) < 4.78 is 0. The van der Waals surface area contributed by atoms with E-state index in [1.54, 1.807) is 0 Å². The van der Waals surface area contributed by atoms with E-state index in [0.717, 1.165) is 39.2 Å². The summed E-state index contributed by atoms with van der Waals surface area (Å²) in [6.45, 7) is 4.74. The minimum atomic E-state index is -0.0908. The van der Waals surface area contributed by atoms with E-state index in [4.69, 9.17) is 9.97 Å². The molecule has 10 aromatic carbocycles. The van der Waals surface area contributed by atoms with Crippen LogP contribution in [0.4, 0.5) is 0 Å². The van der Waals surface area contributed by atoms with Gasteiger partial charge in [-0.1, -0.05) is 220 Å². The van der Waals surface area contributed by atoms with Gasteiger partial charge in [0.1, 0.15) is 0 Å². The lowest BCUT2D eigenvalue weighted by Crippen LogP contribution is -2.14. The Morgan fingerprint density at radius 3 is 1.55 bits per heavy atom. The topological polar surface area (TPSA) is 25.8 Å². The van der Waals surface area contributed by atoms with Crippen molar-refractivity contribution in [2.24, 2.45) is 0 Å². The maximum atomic E-state index is 5.17. The highest BCUT2D eigenvalue weighted by molar-refractivity contribution is 6.05. The Morgan fingerprint density at radius 2 is 0.831 bits per heavy atom. The lowest BCUT2D eigenvalue weighted by atomic mass is 9.81. The zero-order valence-corrected chi connectivity index (χ0v) is 36.3. The molecule has 0 unspecified atom stereocenters. The van der Waals surface area contributed by atoms with E-state index in [9.17, 15) is 0 Å². The molecule has 0 atom stereocenters. The standard InChI is InChI=1S/C63H44N2/c1-63(2)56-26-14-25-53(61(56)55-38-49-20-9-10-21-50(49)39-57(55)63)43-29-33-46(34-30-43)60-52-24-12-11-17-42(52)35-36-54(60)44-27-31-45(32-28-44)58-40-59(65-62(64-58)47-18-7-4-8-19-47)51-23-13-22-48(37-51)41-15-5-3-6-16-41/h3-40H,1-2H3. The van der Waals surface area contributed by atoms with Gasteiger partial charge in [-0.2, -0.15) is 0 Å². The summed E-state index contributed by atoms with van der Waals surface area (Å²) in [6.07, 6.45) is 0. The van der Waals surface area contributed by atoms with E-state index in [2.05, 4.69) is 226 Å². The number of hydrogen-bond donors (Lipinski definition) is 0. The van der Waals surface area contributed by atoms with Crippen LogP contribution in [0, 0.1) is 0 Å². The molecule has 0 saturated heterocycles. The van der Waals surface area contributed by atoms with Crippen molar-refractivity contribution >= 4 is 21.5 Å². The molecule has 306 valence electrons. The van der Waals surface area contributed by atoms with Crippen LogP contribution in [0.5, 0.6) is 0 Å². The van der Waals surface area contributed by atoms with Crippen LogP contribution in [0.25, 0.3) is 111 Å². The SMILES string of the molecule is CC1(C)c2cc3ccccc3cc2-c2c(-c3ccc(-c4c(-c5ccc(-c6cc(-c7cccc(-c8ccccc8)c7)nc(-c7ccccc7)n6)cc5)ccc5ccccc45)cc3)cccc21. The number of nitrogens with zero attached hydrogens (tertiary/aromatic N) is 2. The second-order valence-electron chi connectivity index (χ2n) is 17.7. The molecule has 0 radical (unpaired) electrons. The van der Waals surface area contributed by atoms with Gasteiger partial charge in [0, 0.05) is 22.1 Å². The zero-order valence-electron chi connectivity index (χ0n) is 36.3. The normalized spacial score (nSPS) is 12.6. The predicted molar refractivity (Wildman–Crippen MR) is 273 cm³/mol. The second kappa shape index (κ2) is 15.6. The summed E-state index contributed by atoms with van der Waals surface area (Å²) in [4.78, 5) is 10.3. The lowest BCUT2D eigenvalue weighted by molar-refractivity contribution is 0.661. The van der Waals surface area contributed by atoms with Crippen LogP contribution in [-0.2, 0) is 5.41 Å². The number of rotatable bonds is 7. The van der Waals surface area contributed by atoms with Crippen LogP contribution >= 0.6 is 0 Å². The van der Waals surface area contributed by atoms with Crippen molar-refractivity contribution in [3.8, 4) is 89.5 Å². The van der Waals surface area contributed by atoms with E-state index in [1.807, 2.05) is 18.2 Å². The Kier molecular flexibility index (Phi) is 9.21. The Morgan fingerprint density at radius 1 is 0.292 bits per heavy atom. The third-order valence-corrected chi connectivity index (χ3v) is 13.5. The van der Waals surface area contributed by atoms with E-state index in [0.29, 0.717) is 5.82 Å². The van der Waals surface area contributed by atoms with Crippen molar-refractivity contribution in [3.05, 3.63) is 242 Å². The molecule has 0 amide bonds. The van der Waals surface area contributed by atoms with Crippen LogP contribution in [-0.4, -0.2) is 9.97 Å². The molecule has 0 fully saturated rings. The molecular weight excluding hydrogens is 785 g/mol. The quantitative estimate of drug-likeness (QED) is 0.160. The van der Waals surface area contributed by atoms with Gasteiger partial charge in [0.05, 0.1) is 11.4 Å². The van der Waals surface area contributed by atoms with Gasteiger partial charge < -0.3 is 0 Å². The minimum Gasteiger partial charge on any atom is -0.228 e. The zero-order chi connectivity index (χ0) is 43.5. The number of hydrogen-bond acceptors (Lipinski definition) is 2. The van der Waals surface area contributed by atoms with Gasteiger partial charge in [0.2, 0.25) is 0 Å². The third-order valence-electron chi connectivity index (χ3n) is 13.5. The molecule has 0 aliphatic heterocycles. The molecule has 2 nitrogen and oxygen atoms in total. The molecule has 1 heterocycles. The highest BCUT2D eigenvalue weighted by Gasteiger charge is 2.37. The average Bonchev–Trinajstić information content (AvgIpc) is 3.60. The summed E-state index contributed by atoms with van der Waals surface area (Å²) >= 11 is 0. The van der Waals surface area contributed by atoms with Gasteiger partial charge in [-0.15, -0.1) is 0 Å². The molecule has 11 aromatic rings. The molecule has 1 aromatic heterocycles. The van der Waals surface area contributed by atoms with Crippen molar-refractivity contribution < 1.29 is 0 Å². The Hall–Kier alpha value is -8.20. The monoisotopic (exact) mass is 828 g/mol. The Labute approximate surface area is 380 Å². The van der Waals surface area contributed by atoms with Crippen LogP contribution in [0.2, 0.25) is 0 Å². The lowest BCUT2D eigenvalue weighted by Gasteiger charge is -2.22. The molecular formula is C63H44N2. The van der Waals surface area contributed by atoms with Crippen molar-refractivity contribution in [3.63, 3.8) is 0 Å². The van der Waals surface area contributed by atoms with Crippen molar-refractivity contribution in [1.29, 1.82) is 0 Å². The first kappa shape index (κ1) is 38.5. The largest absolute Gasteiger partial charge is 0.228 e. The van der Waals surface area contributed by atoms with Crippen molar-refractivity contribution in [1.82, 2.24) is 9.97 Å². The summed E-state index contributed by atoms with van der Waals surface area (Å²) in [5.74, 6) is 0.703. The molecule has 0 spiro atoms. The van der Waals surface area contributed by atoms with Gasteiger partial charge in [0.25, 0.3) is 0 Å². The van der Waals surface area contributed by atoms with Crippen LogP contribution in [0.3, 0.4) is 0 Å². The number of aromatic nitrogens is 2. The number of benzene rings is 10. The molecule has 1 aliphatic carbocycles. The van der Waals surface area contributed by atoms with Crippen LogP contribution in [0.1, 0.15) is 25.0 Å². The fourth-order valence-electron chi connectivity index (χ4n) is 10.1. The molecule has 2 heteroatoms. The highest BCUT2D eigenvalue weighted by Crippen LogP contribution is 2.53. The third kappa shape index (κ3) is 6.74. The molecule has 65 heavy (non-hydrogen) atoms. The Balaban J connectivity index is 0.931. The second-order valence-corrected chi connectivity index (χ2v) is 17.7. The van der Waals surface area contributed by atoms with Crippen molar-refractivity contribution in [2.75, 3.05) is 0 Å². The van der Waals surface area contributed by atoms with E-state index >= 15 is 0 Å². The first-order chi connectivity index (χ1) is 32.0. The smallest absolute Gasteiger partial charge is 0.160 e. The fraction of sp³-hybridized carbons (Fsp3) is 0.0476. The van der Waals surface area contributed by atoms with E-state index < -0.39 is 0 Å². The van der Waals surface area contributed by atoms with Gasteiger partial charge in [-0.05, 0) is 113 Å². The maximum absolute atomic E-state index is 5.17. The molecule has 12 rings (SSSR count). The number of fused-ring (bicyclic) bond motifs is 5. The first-order valence-electron chi connectivity index (χ1n) is 22.5. The van der Waals surface area contributed by atoms with Gasteiger partial charge in [-0.25, -0.2) is 9.97 Å². The minimum absolute atomic E-state index is 0.0908. The Bertz CT molecular complexity index is 3590.